The predicted octanol–water partition coefficient (Wildman–Crippen LogP) is 7.27. The Kier molecular flexibility index (Phi) is 8.86. The molecule has 0 saturated carbocycles. The van der Waals surface area contributed by atoms with Crippen molar-refractivity contribution in [1.82, 2.24) is 4.57 Å². The first-order valence-corrected chi connectivity index (χ1v) is 19.1. The number of benzene rings is 4. The van der Waals surface area contributed by atoms with Gasteiger partial charge in [0.2, 0.25) is 0 Å². The number of aromatic nitrogens is 2. The van der Waals surface area contributed by atoms with E-state index in [-0.39, 0.29) is 0 Å². The topological polar surface area (TPSA) is 8.81 Å². The van der Waals surface area contributed by atoms with Crippen molar-refractivity contribution in [2.45, 2.75) is 74.1 Å². The minimum absolute atomic E-state index is 0.398. The van der Waals surface area contributed by atoms with Crippen LogP contribution in [0, 0.1) is 34.6 Å². The maximum absolute atomic E-state index is 2.72. The molecular formula is C39H46N2Sb+. The van der Waals surface area contributed by atoms with E-state index in [4.69, 9.17) is 0 Å². The van der Waals surface area contributed by atoms with Crippen LogP contribution in [-0.2, 0) is 7.05 Å². The Morgan fingerprint density at radius 1 is 0.571 bits per heavy atom. The first-order valence-electron chi connectivity index (χ1n) is 15.3. The van der Waals surface area contributed by atoms with E-state index in [1.54, 1.807) is 7.02 Å². The molecule has 0 atom stereocenters. The summed E-state index contributed by atoms with van der Waals surface area (Å²) in [6, 6.07) is 29.6. The Bertz CT molecular complexity index is 1640. The fourth-order valence-corrected chi connectivity index (χ4v) is 15.3. The van der Waals surface area contributed by atoms with Crippen LogP contribution in [0.15, 0.2) is 85.1 Å². The van der Waals surface area contributed by atoms with Crippen molar-refractivity contribution in [3.63, 3.8) is 0 Å². The number of para-hydroxylation sites is 1. The fraction of sp³-hybridized carbons (Fsp3) is 0.308. The third kappa shape index (κ3) is 5.40. The van der Waals surface area contributed by atoms with Crippen molar-refractivity contribution in [2.75, 3.05) is 0 Å². The molecule has 1 aromatic heterocycles. The molecule has 3 heteroatoms. The molecule has 0 aliphatic carbocycles. The third-order valence-electron chi connectivity index (χ3n) is 8.59. The van der Waals surface area contributed by atoms with Gasteiger partial charge in [-0.25, -0.2) is 0 Å². The standard InChI is InChI=1S/C23H28N2.2C8H9.Sb/c1-16(2)19-12-9-13-20(17(3)4)22(19)25-15-14-24(6)23(25)21-11-8-7-10-18(21)5;2*1-7-4-3-5-8(2)6-7;/h7-14,16-17H,1-6H3;2*3-5H,1-2H3;/q+1;;;. The van der Waals surface area contributed by atoms with Crippen molar-refractivity contribution >= 4 is 30.9 Å². The number of rotatable bonds is 7. The van der Waals surface area contributed by atoms with Crippen LogP contribution in [0.4, 0.5) is 0 Å². The van der Waals surface area contributed by atoms with E-state index in [1.807, 2.05) is 0 Å². The minimum atomic E-state index is -2.64. The quantitative estimate of drug-likeness (QED) is 0.128. The van der Waals surface area contributed by atoms with Gasteiger partial charge in [-0.1, -0.05) is 0 Å². The molecule has 4 aromatic carbocycles. The second-order valence-corrected chi connectivity index (χ2v) is 18.3. The van der Waals surface area contributed by atoms with E-state index in [0.29, 0.717) is 11.8 Å². The maximum atomic E-state index is 2.72. The van der Waals surface area contributed by atoms with Gasteiger partial charge in [0.15, 0.2) is 0 Å². The number of imidazole rings is 1. The molecule has 0 fully saturated rings. The van der Waals surface area contributed by atoms with Crippen LogP contribution >= 0.6 is 0 Å². The molecule has 5 rings (SSSR count). The zero-order valence-electron chi connectivity index (χ0n) is 27.1. The molecule has 2 nitrogen and oxygen atoms in total. The van der Waals surface area contributed by atoms with Crippen molar-refractivity contribution < 1.29 is 4.57 Å². The van der Waals surface area contributed by atoms with Gasteiger partial charge in [0.1, 0.15) is 0 Å². The van der Waals surface area contributed by atoms with Gasteiger partial charge in [-0.3, -0.25) is 0 Å². The summed E-state index contributed by atoms with van der Waals surface area (Å²) in [5.41, 5.74) is 12.4. The first kappa shape index (κ1) is 30.4. The van der Waals surface area contributed by atoms with E-state index >= 15 is 0 Å². The number of hydrogen-bond acceptors (Lipinski definition) is 0. The molecule has 5 aromatic rings. The molecule has 42 heavy (non-hydrogen) atoms. The van der Waals surface area contributed by atoms with Crippen molar-refractivity contribution in [2.24, 2.45) is 7.05 Å². The summed E-state index contributed by atoms with van der Waals surface area (Å²) in [4.78, 5) is 0. The van der Waals surface area contributed by atoms with Gasteiger partial charge in [0.25, 0.3) is 0 Å². The van der Waals surface area contributed by atoms with Gasteiger partial charge in [-0.05, 0) is 0 Å². The van der Waals surface area contributed by atoms with Crippen LogP contribution < -0.4 is 15.2 Å². The Morgan fingerprint density at radius 3 is 1.45 bits per heavy atom. The molecule has 0 spiro atoms. The van der Waals surface area contributed by atoms with Crippen molar-refractivity contribution in [1.29, 1.82) is 0 Å². The summed E-state index contributed by atoms with van der Waals surface area (Å²) in [7, 11) is 2.25. The second kappa shape index (κ2) is 12.3. The molecular weight excluding hydrogens is 618 g/mol. The average Bonchev–Trinajstić information content (AvgIpc) is 3.27. The third-order valence-corrected chi connectivity index (χ3v) is 17.4. The van der Waals surface area contributed by atoms with E-state index in [9.17, 15) is 0 Å². The van der Waals surface area contributed by atoms with Crippen LogP contribution in [0.1, 0.15) is 78.5 Å². The Labute approximate surface area is 261 Å². The summed E-state index contributed by atoms with van der Waals surface area (Å²) in [5.74, 6) is 2.06. The Hall–Kier alpha value is -3.09. The van der Waals surface area contributed by atoms with Gasteiger partial charge < -0.3 is 0 Å². The van der Waals surface area contributed by atoms with Crippen molar-refractivity contribution in [3.8, 4) is 17.1 Å². The first-order chi connectivity index (χ1) is 20.0. The molecule has 0 aliphatic rings. The van der Waals surface area contributed by atoms with Gasteiger partial charge in [-0.2, -0.15) is 0 Å². The van der Waals surface area contributed by atoms with E-state index < -0.39 is 20.2 Å². The summed E-state index contributed by atoms with van der Waals surface area (Å²) in [6.07, 6.45) is 2.49. The van der Waals surface area contributed by atoms with Gasteiger partial charge in [0, 0.05) is 0 Å². The molecule has 1 heterocycles. The normalized spacial score (nSPS) is 11.7. The number of hydrogen-bond donors (Lipinski definition) is 0. The molecule has 0 saturated heterocycles. The molecule has 0 N–H and O–H groups in total. The average molecular weight is 665 g/mol. The predicted molar refractivity (Wildman–Crippen MR) is 182 cm³/mol. The number of aryl methyl sites for hydroxylation is 6. The SMILES string of the molecule is Cc1ccccc1-c1n(-c2c(C(C)C)cccc2C(C)C)[c]([Sb]([c]2c(C)cccc2C)[c]2c(C)cccc2C)c[n+]1C. The molecule has 0 aliphatic heterocycles. The number of nitrogens with zero attached hydrogens (tertiary/aromatic N) is 2. The Balaban J connectivity index is 2.04. The fourth-order valence-electron chi connectivity index (χ4n) is 6.50. The summed E-state index contributed by atoms with van der Waals surface area (Å²) >= 11 is -2.64. The summed E-state index contributed by atoms with van der Waals surface area (Å²) in [5, 5.41) is 0. The summed E-state index contributed by atoms with van der Waals surface area (Å²) in [6.45, 7) is 20.9. The monoisotopic (exact) mass is 663 g/mol. The zero-order valence-corrected chi connectivity index (χ0v) is 29.6. The van der Waals surface area contributed by atoms with Crippen LogP contribution in [-0.4, -0.2) is 24.8 Å². The molecule has 0 amide bonds. The van der Waals surface area contributed by atoms with Crippen LogP contribution in [0.5, 0.6) is 0 Å². The van der Waals surface area contributed by atoms with Gasteiger partial charge >= 0.3 is 262 Å². The van der Waals surface area contributed by atoms with E-state index in [2.05, 4.69) is 164 Å². The van der Waals surface area contributed by atoms with E-state index in [1.165, 1.54) is 59.7 Å². The molecule has 0 unspecified atom stereocenters. The van der Waals surface area contributed by atoms with Crippen LogP contribution in [0.2, 0.25) is 0 Å². The summed E-state index contributed by atoms with van der Waals surface area (Å²) < 4.78 is 9.79. The van der Waals surface area contributed by atoms with Gasteiger partial charge in [-0.15, -0.1) is 0 Å². The molecule has 216 valence electrons. The van der Waals surface area contributed by atoms with Gasteiger partial charge in [0.05, 0.1) is 0 Å². The van der Waals surface area contributed by atoms with E-state index in [0.717, 1.165) is 0 Å². The van der Waals surface area contributed by atoms with Crippen molar-refractivity contribution in [3.05, 3.63) is 124 Å². The van der Waals surface area contributed by atoms with Crippen LogP contribution in [0.3, 0.4) is 0 Å². The molecule has 0 radical (unpaired) electrons. The zero-order chi connectivity index (χ0) is 30.3. The molecule has 0 bridgehead atoms. The van der Waals surface area contributed by atoms with Crippen LogP contribution in [0.25, 0.3) is 17.1 Å². The Morgan fingerprint density at radius 2 is 1.00 bits per heavy atom. The second-order valence-electron chi connectivity index (χ2n) is 12.5.